The van der Waals surface area contributed by atoms with E-state index < -0.39 is 0 Å². The summed E-state index contributed by atoms with van der Waals surface area (Å²) in [5.41, 5.74) is 3.88. The van der Waals surface area contributed by atoms with Crippen molar-refractivity contribution in [1.29, 1.82) is 5.26 Å². The third-order valence-electron chi connectivity index (χ3n) is 5.48. The summed E-state index contributed by atoms with van der Waals surface area (Å²) in [5.74, 6) is -0.0385. The second-order valence-electron chi connectivity index (χ2n) is 7.75. The predicted octanol–water partition coefficient (Wildman–Crippen LogP) is 5.00. The Hall–Kier alpha value is -3.19. The highest BCUT2D eigenvalue weighted by molar-refractivity contribution is 7.97. The molecule has 5 rings (SSSR count). The van der Waals surface area contributed by atoms with E-state index >= 15 is 0 Å². The number of benzene rings is 1. The number of thiazole rings is 1. The van der Waals surface area contributed by atoms with E-state index in [0.29, 0.717) is 23.3 Å². The molecular weight excluding hydrogens is 440 g/mol. The fourth-order valence-electron chi connectivity index (χ4n) is 3.70. The zero-order valence-corrected chi connectivity index (χ0v) is 18.9. The van der Waals surface area contributed by atoms with Crippen LogP contribution in [0.1, 0.15) is 35.8 Å². The maximum absolute atomic E-state index is 11.7. The zero-order chi connectivity index (χ0) is 22.1. The number of hydrogen-bond donors (Lipinski definition) is 3. The largest absolute Gasteiger partial charge is 0.381 e. The highest BCUT2D eigenvalue weighted by Gasteiger charge is 2.30. The lowest BCUT2D eigenvalue weighted by Crippen LogP contribution is -2.45. The number of carbonyl (C=O) groups excluding carboxylic acids is 1. The van der Waals surface area contributed by atoms with Crippen LogP contribution in [0.3, 0.4) is 0 Å². The standard InChI is InChI=1S/C23H20N6OS2/c1-13(30)20-12-31-23(28-20)19-11-26-22-18(5-6-25-22)21(19)27-15-8-16(9-15)29-32-17-4-2-3-14(7-17)10-24/h2-7,11-12,15-16,29H,8-9H2,1H3,(H2,25,26,27)/t15-,16+. The number of aromatic amines is 1. The van der Waals surface area contributed by atoms with Gasteiger partial charge in [-0.3, -0.25) is 9.52 Å². The molecule has 0 saturated heterocycles. The van der Waals surface area contributed by atoms with Gasteiger partial charge in [-0.1, -0.05) is 6.07 Å². The van der Waals surface area contributed by atoms with Crippen LogP contribution in [0.15, 0.2) is 53.0 Å². The van der Waals surface area contributed by atoms with Crippen LogP contribution in [0.4, 0.5) is 5.69 Å². The van der Waals surface area contributed by atoms with Crippen LogP contribution in [0.2, 0.25) is 0 Å². The second-order valence-corrected chi connectivity index (χ2v) is 9.52. The van der Waals surface area contributed by atoms with Crippen molar-refractivity contribution in [2.24, 2.45) is 0 Å². The van der Waals surface area contributed by atoms with Gasteiger partial charge in [0.15, 0.2) is 5.78 Å². The highest BCUT2D eigenvalue weighted by atomic mass is 32.2. The van der Waals surface area contributed by atoms with Crippen LogP contribution in [-0.2, 0) is 0 Å². The molecule has 4 aromatic rings. The van der Waals surface area contributed by atoms with Crippen LogP contribution >= 0.6 is 23.3 Å². The van der Waals surface area contributed by atoms with Crippen LogP contribution in [0, 0.1) is 11.3 Å². The topological polar surface area (TPSA) is 106 Å². The van der Waals surface area contributed by atoms with E-state index in [1.807, 2.05) is 42.7 Å². The first kappa shape index (κ1) is 20.7. The van der Waals surface area contributed by atoms with Gasteiger partial charge >= 0.3 is 0 Å². The lowest BCUT2D eigenvalue weighted by Gasteiger charge is -2.37. The molecule has 1 aliphatic rings. The average molecular weight is 461 g/mol. The number of anilines is 1. The number of nitriles is 1. The Balaban J connectivity index is 1.29. The molecular formula is C23H20N6OS2. The van der Waals surface area contributed by atoms with Crippen molar-refractivity contribution in [3.8, 4) is 16.6 Å². The Labute approximate surface area is 193 Å². The maximum Gasteiger partial charge on any atom is 0.178 e. The van der Waals surface area contributed by atoms with Crippen molar-refractivity contribution >= 4 is 45.8 Å². The molecule has 1 aliphatic carbocycles. The third-order valence-corrected chi connectivity index (χ3v) is 7.29. The quantitative estimate of drug-likeness (QED) is 0.263. The number of nitrogens with zero attached hydrogens (tertiary/aromatic N) is 3. The number of pyridine rings is 1. The van der Waals surface area contributed by atoms with Crippen LogP contribution in [0.5, 0.6) is 0 Å². The number of Topliss-reactive ketones (excluding diaryl/α,β-unsaturated/α-hetero) is 1. The molecule has 7 nitrogen and oxygen atoms in total. The summed E-state index contributed by atoms with van der Waals surface area (Å²) < 4.78 is 3.50. The number of hydrogen-bond acceptors (Lipinski definition) is 8. The first-order valence-corrected chi connectivity index (χ1v) is 11.9. The molecule has 0 unspecified atom stereocenters. The number of ketones is 1. The van der Waals surface area contributed by atoms with Crippen molar-refractivity contribution < 1.29 is 4.79 Å². The Kier molecular flexibility index (Phi) is 5.66. The number of aromatic nitrogens is 3. The van der Waals surface area contributed by atoms with E-state index in [9.17, 15) is 4.79 Å². The van der Waals surface area contributed by atoms with Gasteiger partial charge in [-0.05, 0) is 49.1 Å². The molecule has 0 amide bonds. The fourth-order valence-corrected chi connectivity index (χ4v) is 5.40. The maximum atomic E-state index is 11.7. The molecule has 32 heavy (non-hydrogen) atoms. The summed E-state index contributed by atoms with van der Waals surface area (Å²) in [7, 11) is 0. The van der Waals surface area contributed by atoms with Gasteiger partial charge in [-0.2, -0.15) is 5.26 Å². The van der Waals surface area contributed by atoms with Gasteiger partial charge in [-0.15, -0.1) is 11.3 Å². The summed E-state index contributed by atoms with van der Waals surface area (Å²) >= 11 is 3.02. The smallest absolute Gasteiger partial charge is 0.178 e. The molecule has 1 fully saturated rings. The first-order chi connectivity index (χ1) is 15.6. The average Bonchev–Trinajstić information content (AvgIpc) is 3.45. The minimum atomic E-state index is -0.0385. The van der Waals surface area contributed by atoms with Crippen molar-refractivity contribution in [2.45, 2.75) is 36.7 Å². The molecule has 0 spiro atoms. The van der Waals surface area contributed by atoms with Crippen LogP contribution in [-0.4, -0.2) is 32.8 Å². The van der Waals surface area contributed by atoms with Crippen LogP contribution < -0.4 is 10.0 Å². The van der Waals surface area contributed by atoms with Gasteiger partial charge in [0.05, 0.1) is 22.9 Å². The van der Waals surface area contributed by atoms with Gasteiger partial charge in [0.1, 0.15) is 16.3 Å². The molecule has 160 valence electrons. The summed E-state index contributed by atoms with van der Waals surface area (Å²) in [6.07, 6.45) is 5.66. The van der Waals surface area contributed by atoms with Crippen molar-refractivity contribution in [3.63, 3.8) is 0 Å². The van der Waals surface area contributed by atoms with Crippen molar-refractivity contribution in [1.82, 2.24) is 19.7 Å². The molecule has 0 radical (unpaired) electrons. The van der Waals surface area contributed by atoms with E-state index in [-0.39, 0.29) is 5.78 Å². The van der Waals surface area contributed by atoms with Gasteiger partial charge in [0.2, 0.25) is 0 Å². The third kappa shape index (κ3) is 4.12. The minimum Gasteiger partial charge on any atom is -0.381 e. The van der Waals surface area contributed by atoms with E-state index in [1.54, 1.807) is 17.3 Å². The minimum absolute atomic E-state index is 0.0385. The first-order valence-electron chi connectivity index (χ1n) is 10.2. The van der Waals surface area contributed by atoms with Gasteiger partial charge in [0.25, 0.3) is 0 Å². The normalized spacial score (nSPS) is 17.6. The lowest BCUT2D eigenvalue weighted by atomic mass is 9.87. The Morgan fingerprint density at radius 1 is 1.31 bits per heavy atom. The number of rotatable bonds is 7. The lowest BCUT2D eigenvalue weighted by molar-refractivity contribution is 0.101. The molecule has 9 heteroatoms. The molecule has 3 N–H and O–H groups in total. The monoisotopic (exact) mass is 460 g/mol. The SMILES string of the molecule is CC(=O)c1csc(-c2cnc3[nH]ccc3c2N[C@H]2C[C@@H](NSc3cccc(C#N)c3)C2)n1. The summed E-state index contributed by atoms with van der Waals surface area (Å²) in [6, 6.07) is 12.5. The Morgan fingerprint density at radius 2 is 2.19 bits per heavy atom. The van der Waals surface area contributed by atoms with Gasteiger partial charge < -0.3 is 10.3 Å². The molecule has 3 heterocycles. The molecule has 0 bridgehead atoms. The molecule has 0 aliphatic heterocycles. The molecule has 0 atom stereocenters. The highest BCUT2D eigenvalue weighted by Crippen LogP contribution is 2.38. The van der Waals surface area contributed by atoms with Crippen molar-refractivity contribution in [3.05, 3.63) is 59.4 Å². The fraction of sp³-hybridized carbons (Fsp3) is 0.217. The van der Waals surface area contributed by atoms with E-state index in [0.717, 1.165) is 45.0 Å². The van der Waals surface area contributed by atoms with Crippen LogP contribution in [0.25, 0.3) is 21.6 Å². The second kappa shape index (κ2) is 8.74. The van der Waals surface area contributed by atoms with Gasteiger partial charge in [-0.25, -0.2) is 9.97 Å². The van der Waals surface area contributed by atoms with E-state index in [4.69, 9.17) is 5.26 Å². The predicted molar refractivity (Wildman–Crippen MR) is 128 cm³/mol. The van der Waals surface area contributed by atoms with Crippen molar-refractivity contribution in [2.75, 3.05) is 5.32 Å². The zero-order valence-electron chi connectivity index (χ0n) is 17.3. The van der Waals surface area contributed by atoms with Gasteiger partial charge in [0, 0.05) is 47.1 Å². The summed E-state index contributed by atoms with van der Waals surface area (Å²) in [4.78, 5) is 24.9. The van der Waals surface area contributed by atoms with E-state index in [1.165, 1.54) is 18.3 Å². The number of carbonyl (C=O) groups is 1. The molecule has 3 aromatic heterocycles. The number of H-pyrrole nitrogens is 1. The molecule has 1 saturated carbocycles. The Morgan fingerprint density at radius 3 is 2.97 bits per heavy atom. The Bertz CT molecular complexity index is 1330. The summed E-state index contributed by atoms with van der Waals surface area (Å²) in [5, 5.41) is 16.3. The number of fused-ring (bicyclic) bond motifs is 1. The van der Waals surface area contributed by atoms with E-state index in [2.05, 4.69) is 31.1 Å². The molecule has 1 aromatic carbocycles. The summed E-state index contributed by atoms with van der Waals surface area (Å²) in [6.45, 7) is 1.53. The number of nitrogens with one attached hydrogen (secondary N) is 3.